The van der Waals surface area contributed by atoms with Crippen molar-refractivity contribution in [3.8, 4) is 6.07 Å². The first-order valence-electron chi connectivity index (χ1n) is 9.70. The van der Waals surface area contributed by atoms with E-state index in [4.69, 9.17) is 5.73 Å². The van der Waals surface area contributed by atoms with Gasteiger partial charge in [-0.15, -0.1) is 0 Å². The molecule has 0 saturated carbocycles. The van der Waals surface area contributed by atoms with E-state index in [9.17, 15) is 14.9 Å². The molecule has 0 bridgehead atoms. The highest BCUT2D eigenvalue weighted by molar-refractivity contribution is 5.83. The Morgan fingerprint density at radius 1 is 1.11 bits per heavy atom. The molecular weight excluding hydrogens is 352 g/mol. The van der Waals surface area contributed by atoms with Crippen molar-refractivity contribution in [2.24, 2.45) is 5.73 Å². The predicted molar refractivity (Wildman–Crippen MR) is 108 cm³/mol. The highest BCUT2D eigenvalue weighted by Gasteiger charge is 2.35. The Balaban J connectivity index is 1.51. The third-order valence-corrected chi connectivity index (χ3v) is 5.43. The fourth-order valence-corrected chi connectivity index (χ4v) is 3.67. The molecule has 1 aliphatic heterocycles. The summed E-state index contributed by atoms with van der Waals surface area (Å²) >= 11 is 0. The molecule has 2 amide bonds. The van der Waals surface area contributed by atoms with Gasteiger partial charge in [-0.2, -0.15) is 5.26 Å². The molecule has 2 aromatic rings. The smallest absolute Gasteiger partial charge is 0.221 e. The summed E-state index contributed by atoms with van der Waals surface area (Å²) in [4.78, 5) is 25.5. The lowest BCUT2D eigenvalue weighted by atomic mass is 9.88. The van der Waals surface area contributed by atoms with E-state index in [0.29, 0.717) is 51.7 Å². The normalized spacial score (nSPS) is 16.4. The van der Waals surface area contributed by atoms with Crippen molar-refractivity contribution >= 4 is 22.6 Å². The Hall–Kier alpha value is -2.91. The highest BCUT2D eigenvalue weighted by Crippen LogP contribution is 2.22. The predicted octanol–water partition coefficient (Wildman–Crippen LogP) is 2.12. The van der Waals surface area contributed by atoms with Crippen molar-refractivity contribution in [3.63, 3.8) is 0 Å². The van der Waals surface area contributed by atoms with Gasteiger partial charge >= 0.3 is 0 Å². The van der Waals surface area contributed by atoms with Crippen molar-refractivity contribution in [1.29, 1.82) is 5.26 Å². The number of rotatable bonds is 7. The van der Waals surface area contributed by atoms with Gasteiger partial charge in [-0.05, 0) is 35.6 Å². The van der Waals surface area contributed by atoms with Crippen molar-refractivity contribution in [3.05, 3.63) is 48.0 Å². The summed E-state index contributed by atoms with van der Waals surface area (Å²) in [6.45, 7) is 1.95. The molecule has 1 aliphatic rings. The lowest BCUT2D eigenvalue weighted by Crippen LogP contribution is -2.54. The highest BCUT2D eigenvalue weighted by atomic mass is 16.2. The second-order valence-corrected chi connectivity index (χ2v) is 7.48. The van der Waals surface area contributed by atoms with Crippen molar-refractivity contribution in [2.45, 2.75) is 37.6 Å². The van der Waals surface area contributed by atoms with E-state index in [1.54, 1.807) is 0 Å². The molecule has 0 spiro atoms. The van der Waals surface area contributed by atoms with Crippen LogP contribution in [0.5, 0.6) is 0 Å². The molecule has 1 heterocycles. The molecular formula is C22H26N4O2. The van der Waals surface area contributed by atoms with Gasteiger partial charge in [0, 0.05) is 32.5 Å². The van der Waals surface area contributed by atoms with Crippen LogP contribution in [-0.2, 0) is 16.0 Å². The van der Waals surface area contributed by atoms with Crippen LogP contribution >= 0.6 is 0 Å². The molecule has 3 N–H and O–H groups in total. The SMILES string of the molecule is N#CC1(NC(=O)CCc2ccc3ccccc3c2)CCN(CCC(N)=O)CC1. The number of fused-ring (bicyclic) bond motifs is 1. The van der Waals surface area contributed by atoms with Crippen LogP contribution < -0.4 is 11.1 Å². The number of amides is 2. The summed E-state index contributed by atoms with van der Waals surface area (Å²) in [5.74, 6) is -0.417. The largest absolute Gasteiger partial charge is 0.370 e. The van der Waals surface area contributed by atoms with Crippen molar-refractivity contribution in [1.82, 2.24) is 10.2 Å². The average Bonchev–Trinajstić information content (AvgIpc) is 2.71. The maximum Gasteiger partial charge on any atom is 0.221 e. The zero-order chi connectivity index (χ0) is 20.0. The Morgan fingerprint density at radius 2 is 1.82 bits per heavy atom. The fourth-order valence-electron chi connectivity index (χ4n) is 3.67. The second-order valence-electron chi connectivity index (χ2n) is 7.48. The van der Waals surface area contributed by atoms with Gasteiger partial charge in [0.05, 0.1) is 6.07 Å². The van der Waals surface area contributed by atoms with Crippen molar-refractivity contribution < 1.29 is 9.59 Å². The number of hydrogen-bond donors (Lipinski definition) is 2. The molecule has 0 aromatic heterocycles. The molecule has 1 saturated heterocycles. The lowest BCUT2D eigenvalue weighted by Gasteiger charge is -2.37. The maximum absolute atomic E-state index is 12.5. The molecule has 146 valence electrons. The van der Waals surface area contributed by atoms with Gasteiger partial charge in [-0.1, -0.05) is 42.5 Å². The van der Waals surface area contributed by atoms with Crippen LogP contribution in [0.2, 0.25) is 0 Å². The van der Waals surface area contributed by atoms with E-state index < -0.39 is 5.54 Å². The topological polar surface area (TPSA) is 99.2 Å². The van der Waals surface area contributed by atoms with Crippen LogP contribution in [0.1, 0.15) is 31.2 Å². The van der Waals surface area contributed by atoms with Gasteiger partial charge in [-0.25, -0.2) is 0 Å². The number of likely N-dealkylation sites (tertiary alicyclic amines) is 1. The third-order valence-electron chi connectivity index (χ3n) is 5.43. The van der Waals surface area contributed by atoms with Gasteiger partial charge < -0.3 is 16.0 Å². The standard InChI is InChI=1S/C22H26N4O2/c23-16-22(10-13-26(14-11-22)12-9-20(24)27)25-21(28)8-6-17-5-7-18-3-1-2-4-19(18)15-17/h1-5,7,15H,6,8-14H2,(H2,24,27)(H,25,28). The van der Waals surface area contributed by atoms with E-state index in [1.165, 1.54) is 5.39 Å². The van der Waals surface area contributed by atoms with Gasteiger partial charge in [0.25, 0.3) is 0 Å². The van der Waals surface area contributed by atoms with Crippen molar-refractivity contribution in [2.75, 3.05) is 19.6 Å². The molecule has 0 aliphatic carbocycles. The molecule has 0 radical (unpaired) electrons. The van der Waals surface area contributed by atoms with Crippen LogP contribution in [0.25, 0.3) is 10.8 Å². The first-order valence-corrected chi connectivity index (χ1v) is 9.70. The zero-order valence-electron chi connectivity index (χ0n) is 16.0. The number of nitrogens with zero attached hydrogens (tertiary/aromatic N) is 2. The minimum absolute atomic E-state index is 0.0969. The van der Waals surface area contributed by atoms with Gasteiger partial charge in [0.15, 0.2) is 0 Å². The number of primary amides is 1. The van der Waals surface area contributed by atoms with Crippen LogP contribution in [0, 0.1) is 11.3 Å². The number of aryl methyl sites for hydroxylation is 1. The maximum atomic E-state index is 12.5. The Kier molecular flexibility index (Phi) is 6.27. The van der Waals surface area contributed by atoms with Crippen LogP contribution in [-0.4, -0.2) is 41.9 Å². The van der Waals surface area contributed by atoms with E-state index in [0.717, 1.165) is 10.9 Å². The third kappa shape index (κ3) is 5.08. The number of nitrogens with one attached hydrogen (secondary N) is 1. The monoisotopic (exact) mass is 378 g/mol. The quantitative estimate of drug-likeness (QED) is 0.771. The average molecular weight is 378 g/mol. The molecule has 0 atom stereocenters. The lowest BCUT2D eigenvalue weighted by molar-refractivity contribution is -0.122. The summed E-state index contributed by atoms with van der Waals surface area (Å²) in [6, 6.07) is 16.7. The number of nitriles is 1. The Morgan fingerprint density at radius 3 is 2.50 bits per heavy atom. The summed E-state index contributed by atoms with van der Waals surface area (Å²) in [7, 11) is 0. The number of benzene rings is 2. The summed E-state index contributed by atoms with van der Waals surface area (Å²) in [5.41, 5.74) is 5.49. The molecule has 1 fully saturated rings. The molecule has 6 heteroatoms. The fraction of sp³-hybridized carbons (Fsp3) is 0.409. The first-order chi connectivity index (χ1) is 13.5. The summed E-state index contributed by atoms with van der Waals surface area (Å²) in [6.07, 6.45) is 2.43. The molecule has 2 aromatic carbocycles. The summed E-state index contributed by atoms with van der Waals surface area (Å²) in [5, 5.41) is 14.9. The van der Waals surface area contributed by atoms with E-state index in [1.807, 2.05) is 18.2 Å². The van der Waals surface area contributed by atoms with Gasteiger partial charge in [-0.3, -0.25) is 9.59 Å². The van der Waals surface area contributed by atoms with Crippen LogP contribution in [0.3, 0.4) is 0 Å². The number of piperidine rings is 1. The van der Waals surface area contributed by atoms with E-state index in [2.05, 4.69) is 40.6 Å². The van der Waals surface area contributed by atoms with E-state index in [-0.39, 0.29) is 11.8 Å². The number of carbonyl (C=O) groups excluding carboxylic acids is 2. The first kappa shape index (κ1) is 19.8. The number of nitrogens with two attached hydrogens (primary N) is 1. The zero-order valence-corrected chi connectivity index (χ0v) is 16.0. The van der Waals surface area contributed by atoms with Gasteiger partial charge in [0.1, 0.15) is 5.54 Å². The Labute approximate surface area is 165 Å². The molecule has 6 nitrogen and oxygen atoms in total. The molecule has 0 unspecified atom stereocenters. The minimum Gasteiger partial charge on any atom is -0.370 e. The molecule has 28 heavy (non-hydrogen) atoms. The summed E-state index contributed by atoms with van der Waals surface area (Å²) < 4.78 is 0. The molecule has 3 rings (SSSR count). The minimum atomic E-state index is -0.816. The Bertz CT molecular complexity index is 895. The van der Waals surface area contributed by atoms with Crippen LogP contribution in [0.15, 0.2) is 42.5 Å². The van der Waals surface area contributed by atoms with Crippen LogP contribution in [0.4, 0.5) is 0 Å². The number of carbonyl (C=O) groups is 2. The number of hydrogen-bond acceptors (Lipinski definition) is 4. The van der Waals surface area contributed by atoms with Gasteiger partial charge in [0.2, 0.25) is 11.8 Å². The second kappa shape index (κ2) is 8.85. The van der Waals surface area contributed by atoms with E-state index >= 15 is 0 Å².